The van der Waals surface area contributed by atoms with Gasteiger partial charge < -0.3 is 11.1 Å². The number of pyridine rings is 1. The van der Waals surface area contributed by atoms with Crippen LogP contribution in [0, 0.1) is 13.8 Å². The summed E-state index contributed by atoms with van der Waals surface area (Å²) in [4.78, 5) is 21.5. The highest BCUT2D eigenvalue weighted by Crippen LogP contribution is 2.24. The third-order valence-electron chi connectivity index (χ3n) is 2.73. The van der Waals surface area contributed by atoms with E-state index in [0.717, 1.165) is 15.6 Å². The van der Waals surface area contributed by atoms with Crippen molar-refractivity contribution in [2.75, 3.05) is 5.73 Å². The summed E-state index contributed by atoms with van der Waals surface area (Å²) in [5.41, 5.74) is 7.32. The molecular formula is C13H16N4OS. The molecule has 2 aromatic heterocycles. The van der Waals surface area contributed by atoms with Crippen molar-refractivity contribution in [2.45, 2.75) is 26.8 Å². The lowest BCUT2D eigenvalue weighted by Gasteiger charge is -2.13. The summed E-state index contributed by atoms with van der Waals surface area (Å²) in [5, 5.41) is 3.89. The van der Waals surface area contributed by atoms with Crippen molar-refractivity contribution >= 4 is 22.9 Å². The molecule has 6 heteroatoms. The minimum atomic E-state index is -0.268. The molecule has 1 atom stereocenters. The normalized spacial score (nSPS) is 12.2. The Balaban J connectivity index is 2.15. The predicted molar refractivity (Wildman–Crippen MR) is 76.1 cm³/mol. The molecule has 0 aliphatic carbocycles. The fraction of sp³-hybridized carbons (Fsp3) is 0.308. The zero-order valence-electron chi connectivity index (χ0n) is 11.1. The van der Waals surface area contributed by atoms with Crippen molar-refractivity contribution in [2.24, 2.45) is 0 Å². The number of aryl methyl sites for hydroxylation is 2. The van der Waals surface area contributed by atoms with Gasteiger partial charge in [0.25, 0.3) is 5.91 Å². The summed E-state index contributed by atoms with van der Waals surface area (Å²) >= 11 is 1.59. The smallest absolute Gasteiger partial charge is 0.272 e. The van der Waals surface area contributed by atoms with Gasteiger partial charge in [0.15, 0.2) is 5.69 Å². The second-order valence-electron chi connectivity index (χ2n) is 4.32. The summed E-state index contributed by atoms with van der Waals surface area (Å²) in [6.45, 7) is 5.82. The van der Waals surface area contributed by atoms with Gasteiger partial charge in [-0.1, -0.05) is 0 Å². The number of rotatable bonds is 3. The van der Waals surface area contributed by atoms with Gasteiger partial charge in [-0.05, 0) is 32.9 Å². The summed E-state index contributed by atoms with van der Waals surface area (Å²) in [5.74, 6) is -0.268. The summed E-state index contributed by atoms with van der Waals surface area (Å²) in [6.07, 6.45) is 1.55. The molecule has 2 rings (SSSR count). The van der Waals surface area contributed by atoms with Crippen LogP contribution < -0.4 is 11.1 Å². The van der Waals surface area contributed by atoms with Crippen molar-refractivity contribution in [1.82, 2.24) is 15.3 Å². The molecule has 0 bridgehead atoms. The second-order valence-corrected chi connectivity index (χ2v) is 5.55. The van der Waals surface area contributed by atoms with Gasteiger partial charge in [0.05, 0.1) is 22.4 Å². The number of carbonyl (C=O) groups is 1. The van der Waals surface area contributed by atoms with Crippen molar-refractivity contribution in [3.8, 4) is 0 Å². The Bertz CT molecular complexity index is 608. The number of nitrogens with zero attached hydrogens (tertiary/aromatic N) is 2. The lowest BCUT2D eigenvalue weighted by Crippen LogP contribution is -2.28. The van der Waals surface area contributed by atoms with E-state index in [1.54, 1.807) is 29.7 Å². The first-order chi connectivity index (χ1) is 8.99. The lowest BCUT2D eigenvalue weighted by atomic mass is 10.2. The average Bonchev–Trinajstić information content (AvgIpc) is 2.69. The summed E-state index contributed by atoms with van der Waals surface area (Å²) in [6, 6.07) is 3.25. The maximum Gasteiger partial charge on any atom is 0.272 e. The number of nitrogens with one attached hydrogen (secondary N) is 1. The standard InChI is InChI=1S/C13H16N4OS/c1-7-12(19-9(3)16-7)8(2)17-13(18)11-10(14)5-4-6-15-11/h4-6,8H,14H2,1-3H3,(H,17,18). The van der Waals surface area contributed by atoms with Gasteiger partial charge in [0, 0.05) is 11.1 Å². The molecule has 100 valence electrons. The highest BCUT2D eigenvalue weighted by molar-refractivity contribution is 7.11. The number of hydrogen-bond acceptors (Lipinski definition) is 5. The second kappa shape index (κ2) is 5.36. The van der Waals surface area contributed by atoms with Crippen LogP contribution in [0.1, 0.15) is 39.0 Å². The first kappa shape index (κ1) is 13.5. The molecule has 1 unspecified atom stereocenters. The number of aromatic nitrogens is 2. The monoisotopic (exact) mass is 276 g/mol. The number of anilines is 1. The minimum Gasteiger partial charge on any atom is -0.397 e. The van der Waals surface area contributed by atoms with Crippen LogP contribution in [0.4, 0.5) is 5.69 Å². The molecule has 2 heterocycles. The van der Waals surface area contributed by atoms with Gasteiger partial charge in [-0.2, -0.15) is 0 Å². The van der Waals surface area contributed by atoms with E-state index in [2.05, 4.69) is 15.3 Å². The highest BCUT2D eigenvalue weighted by atomic mass is 32.1. The van der Waals surface area contributed by atoms with E-state index in [1.807, 2.05) is 20.8 Å². The van der Waals surface area contributed by atoms with Gasteiger partial charge >= 0.3 is 0 Å². The maximum atomic E-state index is 12.1. The topological polar surface area (TPSA) is 80.9 Å². The van der Waals surface area contributed by atoms with Gasteiger partial charge in [-0.3, -0.25) is 4.79 Å². The molecule has 0 fully saturated rings. The van der Waals surface area contributed by atoms with Crippen LogP contribution in [0.15, 0.2) is 18.3 Å². The Labute approximate surface area is 115 Å². The summed E-state index contributed by atoms with van der Waals surface area (Å²) in [7, 11) is 0. The van der Waals surface area contributed by atoms with E-state index in [4.69, 9.17) is 5.73 Å². The van der Waals surface area contributed by atoms with E-state index in [9.17, 15) is 4.79 Å². The van der Waals surface area contributed by atoms with Crippen LogP contribution in [0.2, 0.25) is 0 Å². The molecule has 0 aromatic carbocycles. The fourth-order valence-electron chi connectivity index (χ4n) is 1.89. The van der Waals surface area contributed by atoms with E-state index < -0.39 is 0 Å². The van der Waals surface area contributed by atoms with Crippen LogP contribution >= 0.6 is 11.3 Å². The van der Waals surface area contributed by atoms with Crippen LogP contribution in [0.25, 0.3) is 0 Å². The van der Waals surface area contributed by atoms with Crippen LogP contribution in [-0.2, 0) is 0 Å². The summed E-state index contributed by atoms with van der Waals surface area (Å²) < 4.78 is 0. The zero-order chi connectivity index (χ0) is 14.0. The number of hydrogen-bond donors (Lipinski definition) is 2. The third kappa shape index (κ3) is 2.90. The van der Waals surface area contributed by atoms with Crippen molar-refractivity contribution in [3.05, 3.63) is 39.6 Å². The van der Waals surface area contributed by atoms with Gasteiger partial charge in [0.2, 0.25) is 0 Å². The third-order valence-corrected chi connectivity index (χ3v) is 3.99. The molecule has 0 saturated heterocycles. The Hall–Kier alpha value is -1.95. The molecule has 5 nitrogen and oxygen atoms in total. The Morgan fingerprint density at radius 3 is 2.79 bits per heavy atom. The SMILES string of the molecule is Cc1nc(C)c(C(C)NC(=O)c2ncccc2N)s1. The molecule has 19 heavy (non-hydrogen) atoms. The Morgan fingerprint density at radius 1 is 1.47 bits per heavy atom. The number of nitrogen functional groups attached to an aromatic ring is 1. The van der Waals surface area contributed by atoms with Crippen LogP contribution in [0.3, 0.4) is 0 Å². The highest BCUT2D eigenvalue weighted by Gasteiger charge is 2.18. The van der Waals surface area contributed by atoms with Crippen molar-refractivity contribution < 1.29 is 4.79 Å². The van der Waals surface area contributed by atoms with Gasteiger partial charge in [-0.25, -0.2) is 9.97 Å². The van der Waals surface area contributed by atoms with E-state index in [0.29, 0.717) is 5.69 Å². The quantitative estimate of drug-likeness (QED) is 0.900. The van der Waals surface area contributed by atoms with Crippen molar-refractivity contribution in [1.29, 1.82) is 0 Å². The van der Waals surface area contributed by atoms with E-state index in [1.165, 1.54) is 0 Å². The maximum absolute atomic E-state index is 12.1. The first-order valence-corrected chi connectivity index (χ1v) is 6.76. The number of carbonyl (C=O) groups excluding carboxylic acids is 1. The zero-order valence-corrected chi connectivity index (χ0v) is 11.9. The molecule has 0 aliphatic rings. The number of nitrogens with two attached hydrogens (primary N) is 1. The van der Waals surface area contributed by atoms with Crippen LogP contribution in [0.5, 0.6) is 0 Å². The largest absolute Gasteiger partial charge is 0.397 e. The molecule has 2 aromatic rings. The molecular weight excluding hydrogens is 260 g/mol. The Morgan fingerprint density at radius 2 is 2.21 bits per heavy atom. The minimum absolute atomic E-state index is 0.111. The van der Waals surface area contributed by atoms with Crippen LogP contribution in [-0.4, -0.2) is 15.9 Å². The average molecular weight is 276 g/mol. The number of thiazole rings is 1. The first-order valence-electron chi connectivity index (χ1n) is 5.94. The molecule has 0 saturated carbocycles. The molecule has 3 N–H and O–H groups in total. The van der Waals surface area contributed by atoms with Gasteiger partial charge in [0.1, 0.15) is 0 Å². The van der Waals surface area contributed by atoms with E-state index >= 15 is 0 Å². The lowest BCUT2D eigenvalue weighted by molar-refractivity contribution is 0.0936. The van der Waals surface area contributed by atoms with Crippen molar-refractivity contribution in [3.63, 3.8) is 0 Å². The molecule has 0 spiro atoms. The Kier molecular flexibility index (Phi) is 3.80. The fourth-order valence-corrected chi connectivity index (χ4v) is 2.82. The molecule has 0 aliphatic heterocycles. The van der Waals surface area contributed by atoms with E-state index in [-0.39, 0.29) is 17.6 Å². The predicted octanol–water partition coefficient (Wildman–Crippen LogP) is 2.23. The van der Waals surface area contributed by atoms with Gasteiger partial charge in [-0.15, -0.1) is 11.3 Å². The molecule has 1 amide bonds. The number of amides is 1. The molecule has 0 radical (unpaired) electrons.